The number of urea groups is 1. The molecule has 1 aromatic carbocycles. The lowest BCUT2D eigenvalue weighted by Crippen LogP contribution is -2.36. The number of methoxy groups -OCH3 is 1. The normalized spacial score (nSPS) is 10.0. The SMILES string of the molecule is CCCCCN(C(N)=O)c1ccc(OC)cc1. The second-order valence-corrected chi connectivity index (χ2v) is 3.90. The Kier molecular flexibility index (Phi) is 5.33. The second-order valence-electron chi connectivity index (χ2n) is 3.90. The number of nitrogens with zero attached hydrogens (tertiary/aromatic N) is 1. The van der Waals surface area contributed by atoms with E-state index in [1.54, 1.807) is 12.0 Å². The van der Waals surface area contributed by atoms with E-state index >= 15 is 0 Å². The molecule has 0 unspecified atom stereocenters. The van der Waals surface area contributed by atoms with Crippen molar-refractivity contribution < 1.29 is 9.53 Å². The summed E-state index contributed by atoms with van der Waals surface area (Å²) in [7, 11) is 1.61. The zero-order valence-electron chi connectivity index (χ0n) is 10.5. The highest BCUT2D eigenvalue weighted by Crippen LogP contribution is 2.19. The number of amides is 2. The molecular formula is C13H20N2O2. The fraction of sp³-hybridized carbons (Fsp3) is 0.462. The van der Waals surface area contributed by atoms with Gasteiger partial charge in [-0.3, -0.25) is 4.90 Å². The summed E-state index contributed by atoms with van der Waals surface area (Å²) >= 11 is 0. The number of unbranched alkanes of at least 4 members (excludes halogenated alkanes) is 2. The summed E-state index contributed by atoms with van der Waals surface area (Å²) in [6.45, 7) is 2.79. The van der Waals surface area contributed by atoms with Crippen molar-refractivity contribution in [3.63, 3.8) is 0 Å². The summed E-state index contributed by atoms with van der Waals surface area (Å²) < 4.78 is 5.07. The molecule has 0 aliphatic carbocycles. The summed E-state index contributed by atoms with van der Waals surface area (Å²) in [6, 6.07) is 6.92. The number of hydrogen-bond donors (Lipinski definition) is 1. The number of benzene rings is 1. The van der Waals surface area contributed by atoms with Crippen LogP contribution in [-0.4, -0.2) is 19.7 Å². The molecule has 0 saturated carbocycles. The lowest BCUT2D eigenvalue weighted by molar-refractivity contribution is 0.253. The van der Waals surface area contributed by atoms with E-state index in [9.17, 15) is 4.79 Å². The molecule has 0 heterocycles. The maximum atomic E-state index is 11.4. The van der Waals surface area contributed by atoms with Gasteiger partial charge in [-0.2, -0.15) is 0 Å². The maximum absolute atomic E-state index is 11.4. The van der Waals surface area contributed by atoms with Crippen molar-refractivity contribution in [1.29, 1.82) is 0 Å². The second kappa shape index (κ2) is 6.78. The van der Waals surface area contributed by atoms with Gasteiger partial charge >= 0.3 is 6.03 Å². The molecule has 0 fully saturated rings. The summed E-state index contributed by atoms with van der Waals surface area (Å²) in [5.41, 5.74) is 6.19. The number of carbonyl (C=O) groups excluding carboxylic acids is 1. The van der Waals surface area contributed by atoms with Crippen LogP contribution in [0.25, 0.3) is 0 Å². The van der Waals surface area contributed by atoms with Crippen LogP contribution >= 0.6 is 0 Å². The van der Waals surface area contributed by atoms with E-state index in [0.29, 0.717) is 6.54 Å². The predicted molar refractivity (Wildman–Crippen MR) is 69.4 cm³/mol. The first-order valence-electron chi connectivity index (χ1n) is 5.90. The maximum Gasteiger partial charge on any atom is 0.319 e. The van der Waals surface area contributed by atoms with E-state index in [1.807, 2.05) is 24.3 Å². The fourth-order valence-electron chi connectivity index (χ4n) is 1.65. The molecule has 17 heavy (non-hydrogen) atoms. The van der Waals surface area contributed by atoms with Crippen LogP contribution in [0.4, 0.5) is 10.5 Å². The fourth-order valence-corrected chi connectivity index (χ4v) is 1.65. The van der Waals surface area contributed by atoms with Crippen LogP contribution in [0.2, 0.25) is 0 Å². The molecule has 1 rings (SSSR count). The zero-order chi connectivity index (χ0) is 12.7. The zero-order valence-corrected chi connectivity index (χ0v) is 10.5. The molecule has 0 saturated heterocycles. The number of anilines is 1. The van der Waals surface area contributed by atoms with Crippen molar-refractivity contribution in [3.05, 3.63) is 24.3 Å². The Morgan fingerprint density at radius 1 is 1.29 bits per heavy atom. The van der Waals surface area contributed by atoms with Crippen molar-refractivity contribution in [1.82, 2.24) is 0 Å². The first-order valence-corrected chi connectivity index (χ1v) is 5.90. The van der Waals surface area contributed by atoms with E-state index in [0.717, 1.165) is 30.7 Å². The van der Waals surface area contributed by atoms with Crippen LogP contribution in [0, 0.1) is 0 Å². The Morgan fingerprint density at radius 2 is 1.94 bits per heavy atom. The molecule has 0 spiro atoms. The molecule has 4 heteroatoms. The topological polar surface area (TPSA) is 55.6 Å². The molecule has 2 amide bonds. The van der Waals surface area contributed by atoms with Crippen LogP contribution < -0.4 is 15.4 Å². The standard InChI is InChI=1S/C13H20N2O2/c1-3-4-5-10-15(13(14)16)11-6-8-12(17-2)9-7-11/h6-9H,3-5,10H2,1-2H3,(H2,14,16). The van der Waals surface area contributed by atoms with Gasteiger partial charge in [-0.1, -0.05) is 19.8 Å². The van der Waals surface area contributed by atoms with Gasteiger partial charge in [-0.25, -0.2) is 4.79 Å². The first kappa shape index (κ1) is 13.4. The average molecular weight is 236 g/mol. The van der Waals surface area contributed by atoms with E-state index in [-0.39, 0.29) is 0 Å². The number of nitrogens with two attached hydrogens (primary N) is 1. The van der Waals surface area contributed by atoms with Crippen molar-refractivity contribution in [2.24, 2.45) is 5.73 Å². The highest BCUT2D eigenvalue weighted by Gasteiger charge is 2.11. The highest BCUT2D eigenvalue weighted by molar-refractivity contribution is 5.90. The van der Waals surface area contributed by atoms with Crippen LogP contribution in [0.5, 0.6) is 5.75 Å². The molecule has 0 radical (unpaired) electrons. The number of carbonyl (C=O) groups is 1. The lowest BCUT2D eigenvalue weighted by Gasteiger charge is -2.20. The van der Waals surface area contributed by atoms with Gasteiger partial charge in [0.15, 0.2) is 0 Å². The van der Waals surface area contributed by atoms with Crippen molar-refractivity contribution in [2.45, 2.75) is 26.2 Å². The van der Waals surface area contributed by atoms with Crippen molar-refractivity contribution in [2.75, 3.05) is 18.6 Å². The Balaban J connectivity index is 2.71. The van der Waals surface area contributed by atoms with E-state index in [2.05, 4.69) is 6.92 Å². The van der Waals surface area contributed by atoms with Gasteiger partial charge in [0.05, 0.1) is 7.11 Å². The number of primary amides is 1. The molecule has 4 nitrogen and oxygen atoms in total. The quantitative estimate of drug-likeness (QED) is 0.772. The third-order valence-corrected chi connectivity index (χ3v) is 2.64. The minimum absolute atomic E-state index is 0.411. The summed E-state index contributed by atoms with van der Waals surface area (Å²) in [5, 5.41) is 0. The molecule has 0 aliphatic heterocycles. The van der Waals surface area contributed by atoms with Crippen molar-refractivity contribution in [3.8, 4) is 5.75 Å². The molecule has 2 N–H and O–H groups in total. The molecule has 0 aromatic heterocycles. The Labute approximate surface area is 102 Å². The number of ether oxygens (including phenoxy) is 1. The monoisotopic (exact) mass is 236 g/mol. The Hall–Kier alpha value is -1.71. The largest absolute Gasteiger partial charge is 0.497 e. The summed E-state index contributed by atoms with van der Waals surface area (Å²) in [4.78, 5) is 13.0. The van der Waals surface area contributed by atoms with Crippen LogP contribution in [0.15, 0.2) is 24.3 Å². The van der Waals surface area contributed by atoms with Gasteiger partial charge in [0, 0.05) is 12.2 Å². The molecule has 94 valence electrons. The van der Waals surface area contributed by atoms with Crippen molar-refractivity contribution >= 4 is 11.7 Å². The first-order chi connectivity index (χ1) is 8.19. The lowest BCUT2D eigenvalue weighted by atomic mass is 10.2. The number of hydrogen-bond acceptors (Lipinski definition) is 2. The smallest absolute Gasteiger partial charge is 0.319 e. The third-order valence-electron chi connectivity index (χ3n) is 2.64. The van der Waals surface area contributed by atoms with Crippen LogP contribution in [-0.2, 0) is 0 Å². The highest BCUT2D eigenvalue weighted by atomic mass is 16.5. The van der Waals surface area contributed by atoms with Gasteiger partial charge in [-0.15, -0.1) is 0 Å². The molecular weight excluding hydrogens is 216 g/mol. The van der Waals surface area contributed by atoms with E-state index in [4.69, 9.17) is 10.5 Å². The summed E-state index contributed by atoms with van der Waals surface area (Å²) in [6.07, 6.45) is 3.18. The summed E-state index contributed by atoms with van der Waals surface area (Å²) in [5.74, 6) is 0.770. The van der Waals surface area contributed by atoms with Gasteiger partial charge in [0.1, 0.15) is 5.75 Å². The predicted octanol–water partition coefficient (Wildman–Crippen LogP) is 2.77. The minimum Gasteiger partial charge on any atom is -0.497 e. The third kappa shape index (κ3) is 3.98. The Bertz CT molecular complexity index is 349. The van der Waals surface area contributed by atoms with Gasteiger partial charge in [-0.05, 0) is 30.7 Å². The molecule has 0 atom stereocenters. The van der Waals surface area contributed by atoms with Crippen LogP contribution in [0.3, 0.4) is 0 Å². The van der Waals surface area contributed by atoms with E-state index < -0.39 is 6.03 Å². The van der Waals surface area contributed by atoms with Gasteiger partial charge < -0.3 is 10.5 Å². The minimum atomic E-state index is -0.411. The van der Waals surface area contributed by atoms with Gasteiger partial charge in [0.2, 0.25) is 0 Å². The number of rotatable bonds is 6. The average Bonchev–Trinajstić information content (AvgIpc) is 2.34. The molecule has 0 aliphatic rings. The Morgan fingerprint density at radius 3 is 2.41 bits per heavy atom. The van der Waals surface area contributed by atoms with Gasteiger partial charge in [0.25, 0.3) is 0 Å². The van der Waals surface area contributed by atoms with Crippen LogP contribution in [0.1, 0.15) is 26.2 Å². The molecule has 1 aromatic rings. The van der Waals surface area contributed by atoms with E-state index in [1.165, 1.54) is 0 Å². The molecule has 0 bridgehead atoms.